The van der Waals surface area contributed by atoms with E-state index in [0.717, 1.165) is 112 Å². The zero-order chi connectivity index (χ0) is 38.2. The normalized spacial score (nSPS) is 11.6. The van der Waals surface area contributed by atoms with Gasteiger partial charge in [-0.05, 0) is 119 Å². The van der Waals surface area contributed by atoms with E-state index < -0.39 is 0 Å². The van der Waals surface area contributed by atoms with E-state index in [9.17, 15) is 0 Å². The largest absolute Gasteiger partial charge is 0.497 e. The monoisotopic (exact) mass is 826 g/mol. The van der Waals surface area contributed by atoms with E-state index in [0.29, 0.717) is 0 Å². The number of nitrogens with zero attached hydrogens (tertiary/aromatic N) is 2. The molecule has 0 aliphatic carbocycles. The Morgan fingerprint density at radius 1 is 0.431 bits per heavy atom. The molecule has 4 aromatic carbocycles. The molecule has 7 aromatic rings. The Morgan fingerprint density at radius 3 is 1.36 bits per heavy atom. The average Bonchev–Trinajstić information content (AvgIpc) is 4.06. The number of aromatic amines is 2. The summed E-state index contributed by atoms with van der Waals surface area (Å²) in [6, 6.07) is 43.1. The molecule has 0 saturated heterocycles. The molecule has 8 bridgehead atoms. The fourth-order valence-corrected chi connectivity index (χ4v) is 7.39. The zero-order valence-electron chi connectivity index (χ0n) is 32.1. The molecular formula is C48H39ClFeN4O4. The van der Waals surface area contributed by atoms with Crippen LogP contribution in [0.25, 0.3) is 79.2 Å². The molecule has 3 aromatic heterocycles. The van der Waals surface area contributed by atoms with Crippen LogP contribution >= 0.6 is 12.4 Å². The summed E-state index contributed by atoms with van der Waals surface area (Å²) < 4.78 is 22.4. The maximum absolute atomic E-state index is 5.64. The molecule has 0 unspecified atom stereocenters. The van der Waals surface area contributed by atoms with Gasteiger partial charge in [-0.1, -0.05) is 48.5 Å². The van der Waals surface area contributed by atoms with Crippen LogP contribution in [0, 0.1) is 0 Å². The Balaban J connectivity index is 0.00000256. The first kappa shape index (κ1) is 39.7. The van der Waals surface area contributed by atoms with Crippen molar-refractivity contribution in [2.24, 2.45) is 0 Å². The quantitative estimate of drug-likeness (QED) is 0.148. The number of methoxy groups -OCH3 is 4. The second-order valence-corrected chi connectivity index (χ2v) is 13.5. The van der Waals surface area contributed by atoms with Gasteiger partial charge in [-0.15, -0.1) is 12.4 Å². The molecule has 0 amide bonds. The van der Waals surface area contributed by atoms with E-state index in [1.807, 2.05) is 60.7 Å². The molecule has 8 nitrogen and oxygen atoms in total. The van der Waals surface area contributed by atoms with Gasteiger partial charge in [0.25, 0.3) is 0 Å². The van der Waals surface area contributed by atoms with Crippen molar-refractivity contribution in [3.8, 4) is 56.4 Å². The summed E-state index contributed by atoms with van der Waals surface area (Å²) in [5, 5.41) is 0. The number of hydrogen-bond donors (Lipinski definition) is 2. The molecule has 290 valence electrons. The molecule has 9 rings (SSSR count). The molecule has 58 heavy (non-hydrogen) atoms. The van der Waals surface area contributed by atoms with Crippen molar-refractivity contribution >= 4 is 58.3 Å². The number of nitrogens with one attached hydrogen (secondary N) is 2. The number of rotatable bonds is 8. The summed E-state index contributed by atoms with van der Waals surface area (Å²) in [6.45, 7) is 0. The Labute approximate surface area is 353 Å². The number of aromatic nitrogens is 4. The van der Waals surface area contributed by atoms with E-state index in [2.05, 4.69) is 94.9 Å². The second-order valence-electron chi connectivity index (χ2n) is 13.5. The Morgan fingerprint density at radius 2 is 0.862 bits per heavy atom. The summed E-state index contributed by atoms with van der Waals surface area (Å²) >= 11 is 0. The summed E-state index contributed by atoms with van der Waals surface area (Å²) in [4.78, 5) is 18.0. The number of benzene rings is 4. The smallest absolute Gasteiger partial charge is 0.118 e. The first-order valence-corrected chi connectivity index (χ1v) is 18.3. The molecular weight excluding hydrogens is 788 g/mol. The molecule has 0 fully saturated rings. The van der Waals surface area contributed by atoms with Gasteiger partial charge < -0.3 is 28.9 Å². The van der Waals surface area contributed by atoms with Crippen LogP contribution in [-0.4, -0.2) is 48.4 Å². The van der Waals surface area contributed by atoms with E-state index in [1.165, 1.54) is 0 Å². The number of fused-ring (bicyclic) bond motifs is 8. The van der Waals surface area contributed by atoms with Crippen LogP contribution in [0.3, 0.4) is 0 Å². The van der Waals surface area contributed by atoms with Gasteiger partial charge in [-0.2, -0.15) is 0 Å². The Kier molecular flexibility index (Phi) is 11.6. The fourth-order valence-electron chi connectivity index (χ4n) is 7.39. The van der Waals surface area contributed by atoms with E-state index >= 15 is 0 Å². The number of halogens is 1. The average molecular weight is 827 g/mol. The minimum atomic E-state index is 0. The fraction of sp³-hybridized carbons (Fsp3) is 0.0833. The molecule has 2 N–H and O–H groups in total. The van der Waals surface area contributed by atoms with Gasteiger partial charge in [0.05, 0.1) is 56.7 Å². The standard InChI is InChI=1S/C48H38N4O4.ClH.Fe/c1-53-38-17-5-29(6-18-38)42-27-37-26-35-14-13-33(49-35)25-34-15-16-36(50-34)28-43-44(30-7-19-39(54-2)20-8-30)45(31-9-21-40(55-3)22-10-31)48(52-43)46(47(42)51-37)32-11-23-41(56-4)24-12-32;;/h5-28,49,52H,1-4H3;1H;. The van der Waals surface area contributed by atoms with Crippen molar-refractivity contribution in [1.29, 1.82) is 0 Å². The predicted molar refractivity (Wildman–Crippen MR) is 233 cm³/mol. The van der Waals surface area contributed by atoms with Crippen molar-refractivity contribution in [2.75, 3.05) is 28.4 Å². The Hall–Kier alpha value is -6.51. The molecule has 0 radical (unpaired) electrons. The topological polar surface area (TPSA) is 94.3 Å². The molecule has 2 aliphatic rings. The third-order valence-corrected chi connectivity index (χ3v) is 10.2. The van der Waals surface area contributed by atoms with Crippen molar-refractivity contribution in [2.45, 2.75) is 0 Å². The van der Waals surface area contributed by atoms with Crippen molar-refractivity contribution in [3.05, 3.63) is 156 Å². The SMILES string of the molecule is COc1ccc(C2=Cc3cc4ccc(cc5nc(cc6[nH]c(c(-c7ccc(OC)cc7)c2n3)c(-c2ccc(OC)cc2)c6-c2ccc(OC)cc2)C=C5)[nH]4)cc1.Cl.[Fe]. The van der Waals surface area contributed by atoms with Crippen molar-refractivity contribution in [1.82, 2.24) is 19.9 Å². The van der Waals surface area contributed by atoms with Crippen molar-refractivity contribution in [3.63, 3.8) is 0 Å². The first-order valence-electron chi connectivity index (χ1n) is 18.3. The van der Waals surface area contributed by atoms with Gasteiger partial charge in [0.15, 0.2) is 0 Å². The summed E-state index contributed by atoms with van der Waals surface area (Å²) in [7, 11) is 6.72. The second kappa shape index (κ2) is 16.9. The van der Waals surface area contributed by atoms with Crippen LogP contribution in [0.5, 0.6) is 23.0 Å². The summed E-state index contributed by atoms with van der Waals surface area (Å²) in [6.07, 6.45) is 6.24. The molecule has 0 saturated carbocycles. The van der Waals surface area contributed by atoms with Gasteiger partial charge in [-0.3, -0.25) is 0 Å². The van der Waals surface area contributed by atoms with E-state index in [4.69, 9.17) is 28.9 Å². The number of ether oxygens (including phenoxy) is 4. The zero-order valence-corrected chi connectivity index (χ0v) is 34.1. The molecule has 5 heterocycles. The van der Waals surface area contributed by atoms with Gasteiger partial charge in [0.1, 0.15) is 23.0 Å². The van der Waals surface area contributed by atoms with Crippen LogP contribution < -0.4 is 18.9 Å². The van der Waals surface area contributed by atoms with Crippen molar-refractivity contribution < 1.29 is 36.0 Å². The van der Waals surface area contributed by atoms with Gasteiger partial charge >= 0.3 is 0 Å². The van der Waals surface area contributed by atoms with Crippen LogP contribution in [0.4, 0.5) is 0 Å². The third-order valence-electron chi connectivity index (χ3n) is 10.2. The molecule has 0 atom stereocenters. The van der Waals surface area contributed by atoms with Crippen LogP contribution in [-0.2, 0) is 17.1 Å². The summed E-state index contributed by atoms with van der Waals surface area (Å²) in [5.74, 6) is 3.08. The first-order chi connectivity index (χ1) is 27.5. The minimum Gasteiger partial charge on any atom is -0.497 e. The maximum atomic E-state index is 5.64. The van der Waals surface area contributed by atoms with Gasteiger partial charge in [0.2, 0.25) is 0 Å². The maximum Gasteiger partial charge on any atom is 0.118 e. The number of H-pyrrole nitrogens is 2. The molecule has 2 aliphatic heterocycles. The predicted octanol–water partition coefficient (Wildman–Crippen LogP) is 11.5. The van der Waals surface area contributed by atoms with Crippen LogP contribution in [0.1, 0.15) is 28.3 Å². The molecule has 0 spiro atoms. The van der Waals surface area contributed by atoms with E-state index in [-0.39, 0.29) is 29.5 Å². The van der Waals surface area contributed by atoms with E-state index in [1.54, 1.807) is 28.4 Å². The Bertz CT molecular complexity index is 2830. The molecule has 10 heteroatoms. The summed E-state index contributed by atoms with van der Waals surface area (Å²) in [5.41, 5.74) is 14.8. The third kappa shape index (κ3) is 7.63. The number of hydrogen-bond acceptors (Lipinski definition) is 6. The van der Waals surface area contributed by atoms with Crippen LogP contribution in [0.2, 0.25) is 0 Å². The van der Waals surface area contributed by atoms with Gasteiger partial charge in [0, 0.05) is 55.9 Å². The van der Waals surface area contributed by atoms with Gasteiger partial charge in [-0.25, -0.2) is 9.97 Å². The minimum absolute atomic E-state index is 0. The van der Waals surface area contributed by atoms with Crippen LogP contribution in [0.15, 0.2) is 127 Å².